The zero-order valence-corrected chi connectivity index (χ0v) is 7.19. The average Bonchev–Trinajstić information content (AvgIpc) is 1.90. The lowest BCUT2D eigenvalue weighted by Crippen LogP contribution is -3.00. The van der Waals surface area contributed by atoms with Crippen LogP contribution in [0.5, 0.6) is 0 Å². The van der Waals surface area contributed by atoms with E-state index in [1.165, 1.54) is 12.8 Å². The first kappa shape index (κ1) is 9.40. The molecule has 1 rings (SSSR count). The molecule has 1 saturated heterocycles. The van der Waals surface area contributed by atoms with Crippen LogP contribution in [0.3, 0.4) is 0 Å². The van der Waals surface area contributed by atoms with Gasteiger partial charge in [-0.05, 0) is 19.3 Å². The lowest BCUT2D eigenvalue weighted by molar-refractivity contribution is -0.145. The fraction of sp³-hybridized carbons (Fsp3) is 1.00. The van der Waals surface area contributed by atoms with E-state index in [1.807, 2.05) is 0 Å². The van der Waals surface area contributed by atoms with E-state index >= 15 is 0 Å². The van der Waals surface area contributed by atoms with Gasteiger partial charge in [-0.25, -0.2) is 0 Å². The molecule has 1 heterocycles. The minimum absolute atomic E-state index is 0. The second-order valence-electron chi connectivity index (χ2n) is 2.03. The van der Waals surface area contributed by atoms with Crippen molar-refractivity contribution in [1.82, 2.24) is 0 Å². The molecular weight excluding hydrogens is 184 g/mol. The van der Waals surface area contributed by atoms with Gasteiger partial charge in [-0.3, -0.25) is 0 Å². The Labute approximate surface area is 66.3 Å². The predicted molar refractivity (Wildman–Crippen MR) is 30.6 cm³/mol. The predicted octanol–water partition coefficient (Wildman–Crippen LogP) is -1.84. The van der Waals surface area contributed by atoms with Crippen molar-refractivity contribution in [2.75, 3.05) is 13.7 Å². The summed E-state index contributed by atoms with van der Waals surface area (Å²) in [5.41, 5.74) is 0. The van der Waals surface area contributed by atoms with Crippen molar-refractivity contribution in [3.8, 4) is 0 Å². The molecule has 0 radical (unpaired) electrons. The van der Waals surface area contributed by atoms with E-state index in [2.05, 4.69) is 0 Å². The van der Waals surface area contributed by atoms with Gasteiger partial charge in [0.05, 0.1) is 0 Å². The topological polar surface area (TPSA) is 18.5 Å². The Hall–Kier alpha value is 0.400. The number of rotatable bonds is 1. The molecule has 0 aliphatic carbocycles. The molecule has 0 aromatic carbocycles. The van der Waals surface area contributed by atoms with Crippen molar-refractivity contribution in [3.63, 3.8) is 0 Å². The van der Waals surface area contributed by atoms with Gasteiger partial charge in [-0.15, -0.1) is 0 Å². The van der Waals surface area contributed by atoms with Crippen molar-refractivity contribution in [2.24, 2.45) is 0 Å². The van der Waals surface area contributed by atoms with Crippen molar-refractivity contribution in [2.45, 2.75) is 25.6 Å². The molecule has 1 aliphatic rings. The number of hydrogen-bond acceptors (Lipinski definition) is 2. The van der Waals surface area contributed by atoms with E-state index in [0.717, 1.165) is 13.0 Å². The monoisotopic (exact) mass is 195 g/mol. The minimum Gasteiger partial charge on any atom is -1.00 e. The van der Waals surface area contributed by atoms with Crippen LogP contribution < -0.4 is 17.0 Å². The van der Waals surface area contributed by atoms with Crippen LogP contribution in [-0.4, -0.2) is 20.0 Å². The number of halogens is 1. The standard InChI is InChI=1S/C6H12O2.BrH/c1-7-6-4-2-3-5-8-6;/h6H,2-5H2,1H3;1H/p-1. The van der Waals surface area contributed by atoms with E-state index in [9.17, 15) is 0 Å². The second-order valence-corrected chi connectivity index (χ2v) is 2.03. The summed E-state index contributed by atoms with van der Waals surface area (Å²) in [7, 11) is 1.69. The molecule has 56 valence electrons. The quantitative estimate of drug-likeness (QED) is 0.490. The third kappa shape index (κ3) is 3.18. The summed E-state index contributed by atoms with van der Waals surface area (Å²) < 4.78 is 10.2. The normalized spacial score (nSPS) is 27.0. The lowest BCUT2D eigenvalue weighted by atomic mass is 10.2. The van der Waals surface area contributed by atoms with Gasteiger partial charge in [0.1, 0.15) is 0 Å². The molecular formula is C6H12BrO2-. The number of ether oxygens (including phenoxy) is 2. The van der Waals surface area contributed by atoms with Crippen LogP contribution in [0.25, 0.3) is 0 Å². The van der Waals surface area contributed by atoms with E-state index in [1.54, 1.807) is 7.11 Å². The highest BCUT2D eigenvalue weighted by atomic mass is 79.9. The van der Waals surface area contributed by atoms with E-state index < -0.39 is 0 Å². The molecule has 0 aromatic rings. The maximum atomic E-state index is 5.20. The van der Waals surface area contributed by atoms with Crippen LogP contribution in [-0.2, 0) is 9.47 Å². The Morgan fingerprint density at radius 3 is 2.56 bits per heavy atom. The summed E-state index contributed by atoms with van der Waals surface area (Å²) in [6.45, 7) is 0.874. The fourth-order valence-electron chi connectivity index (χ4n) is 0.897. The summed E-state index contributed by atoms with van der Waals surface area (Å²) in [6.07, 6.45) is 3.60. The molecule has 1 atom stereocenters. The third-order valence-electron chi connectivity index (χ3n) is 1.40. The molecule has 1 aliphatic heterocycles. The molecule has 3 heteroatoms. The number of methoxy groups -OCH3 is 1. The number of hydrogen-bond donors (Lipinski definition) is 0. The molecule has 0 aromatic heterocycles. The Morgan fingerprint density at radius 2 is 2.22 bits per heavy atom. The first-order valence-electron chi connectivity index (χ1n) is 3.08. The highest BCUT2D eigenvalue weighted by Crippen LogP contribution is 2.11. The second kappa shape index (κ2) is 5.21. The third-order valence-corrected chi connectivity index (χ3v) is 1.40. The highest BCUT2D eigenvalue weighted by molar-refractivity contribution is 4.52. The summed E-state index contributed by atoms with van der Waals surface area (Å²) in [5, 5.41) is 0. The smallest absolute Gasteiger partial charge is 0.157 e. The van der Waals surface area contributed by atoms with E-state index in [4.69, 9.17) is 9.47 Å². The van der Waals surface area contributed by atoms with Crippen LogP contribution in [0.4, 0.5) is 0 Å². The van der Waals surface area contributed by atoms with Crippen LogP contribution in [0.2, 0.25) is 0 Å². The van der Waals surface area contributed by atoms with E-state index in [-0.39, 0.29) is 23.3 Å². The van der Waals surface area contributed by atoms with Crippen molar-refractivity contribution >= 4 is 0 Å². The zero-order chi connectivity index (χ0) is 5.82. The van der Waals surface area contributed by atoms with Crippen molar-refractivity contribution < 1.29 is 26.5 Å². The molecule has 0 N–H and O–H groups in total. The maximum absolute atomic E-state index is 5.20. The molecule has 9 heavy (non-hydrogen) atoms. The van der Waals surface area contributed by atoms with Crippen molar-refractivity contribution in [3.05, 3.63) is 0 Å². The van der Waals surface area contributed by atoms with Gasteiger partial charge < -0.3 is 26.5 Å². The minimum atomic E-state index is 0. The van der Waals surface area contributed by atoms with Gasteiger partial charge >= 0.3 is 0 Å². The van der Waals surface area contributed by atoms with Gasteiger partial charge in [0.15, 0.2) is 6.29 Å². The van der Waals surface area contributed by atoms with Crippen LogP contribution in [0.15, 0.2) is 0 Å². The molecule has 0 spiro atoms. The van der Waals surface area contributed by atoms with Gasteiger partial charge in [0.25, 0.3) is 0 Å². The van der Waals surface area contributed by atoms with Gasteiger partial charge in [0.2, 0.25) is 0 Å². The Bertz CT molecular complexity index is 62.1. The Balaban J connectivity index is 0.000000640. The van der Waals surface area contributed by atoms with Crippen LogP contribution in [0.1, 0.15) is 19.3 Å². The molecule has 1 unspecified atom stereocenters. The molecule has 0 amide bonds. The lowest BCUT2D eigenvalue weighted by Gasteiger charge is -2.20. The summed E-state index contributed by atoms with van der Waals surface area (Å²) in [6, 6.07) is 0. The maximum Gasteiger partial charge on any atom is 0.157 e. The Morgan fingerprint density at radius 1 is 1.44 bits per heavy atom. The van der Waals surface area contributed by atoms with Gasteiger partial charge in [0, 0.05) is 13.7 Å². The fourth-order valence-corrected chi connectivity index (χ4v) is 0.897. The molecule has 1 fully saturated rings. The van der Waals surface area contributed by atoms with Gasteiger partial charge in [-0.1, -0.05) is 0 Å². The molecule has 0 saturated carbocycles. The van der Waals surface area contributed by atoms with Crippen LogP contribution >= 0.6 is 0 Å². The zero-order valence-electron chi connectivity index (χ0n) is 5.60. The largest absolute Gasteiger partial charge is 1.00 e. The molecule has 0 bridgehead atoms. The highest BCUT2D eigenvalue weighted by Gasteiger charge is 2.10. The van der Waals surface area contributed by atoms with Crippen molar-refractivity contribution in [1.29, 1.82) is 0 Å². The summed E-state index contributed by atoms with van der Waals surface area (Å²) in [4.78, 5) is 0. The summed E-state index contributed by atoms with van der Waals surface area (Å²) >= 11 is 0. The summed E-state index contributed by atoms with van der Waals surface area (Å²) in [5.74, 6) is 0. The average molecular weight is 196 g/mol. The van der Waals surface area contributed by atoms with Gasteiger partial charge in [-0.2, -0.15) is 0 Å². The SMILES string of the molecule is COC1CCCCO1.[Br-]. The first-order valence-corrected chi connectivity index (χ1v) is 3.08. The Kier molecular flexibility index (Phi) is 5.44. The molecule has 2 nitrogen and oxygen atoms in total. The van der Waals surface area contributed by atoms with Crippen LogP contribution in [0, 0.1) is 0 Å². The van der Waals surface area contributed by atoms with E-state index in [0.29, 0.717) is 0 Å². The first-order chi connectivity index (χ1) is 3.93.